The SMILES string of the molecule is CN(Cc1cnccn1)C(=O)NC(CCC(=O)O)Cc1ccccc1. The van der Waals surface area contributed by atoms with Gasteiger partial charge in [-0.15, -0.1) is 0 Å². The molecule has 1 unspecified atom stereocenters. The second kappa shape index (κ2) is 9.36. The number of carbonyl (C=O) groups is 2. The maximum atomic E-state index is 12.4. The van der Waals surface area contributed by atoms with Crippen molar-refractivity contribution in [3.8, 4) is 0 Å². The van der Waals surface area contributed by atoms with E-state index in [4.69, 9.17) is 5.11 Å². The molecule has 132 valence electrons. The van der Waals surface area contributed by atoms with Crippen LogP contribution in [0.4, 0.5) is 4.79 Å². The first-order chi connectivity index (χ1) is 12.0. The molecule has 0 fully saturated rings. The van der Waals surface area contributed by atoms with E-state index in [9.17, 15) is 9.59 Å². The van der Waals surface area contributed by atoms with Crippen LogP contribution in [0.5, 0.6) is 0 Å². The van der Waals surface area contributed by atoms with Gasteiger partial charge in [0.05, 0.1) is 18.4 Å². The van der Waals surface area contributed by atoms with Crippen LogP contribution in [0.25, 0.3) is 0 Å². The van der Waals surface area contributed by atoms with Crippen LogP contribution in [0.3, 0.4) is 0 Å². The Kier molecular flexibility index (Phi) is 6.88. The molecule has 2 N–H and O–H groups in total. The summed E-state index contributed by atoms with van der Waals surface area (Å²) in [4.78, 5) is 32.9. The number of amides is 2. The first-order valence-corrected chi connectivity index (χ1v) is 8.07. The van der Waals surface area contributed by atoms with Crippen molar-refractivity contribution >= 4 is 12.0 Å². The molecule has 2 amide bonds. The van der Waals surface area contributed by atoms with Crippen LogP contribution in [0.15, 0.2) is 48.9 Å². The molecular formula is C18H22N4O3. The first kappa shape index (κ1) is 18.4. The lowest BCUT2D eigenvalue weighted by Gasteiger charge is -2.23. The summed E-state index contributed by atoms with van der Waals surface area (Å²) in [6.07, 6.45) is 5.71. The molecule has 1 heterocycles. The number of nitrogens with zero attached hydrogens (tertiary/aromatic N) is 3. The Balaban J connectivity index is 1.96. The molecule has 2 rings (SSSR count). The fraction of sp³-hybridized carbons (Fsp3) is 0.333. The number of rotatable bonds is 8. The Morgan fingerprint density at radius 3 is 2.64 bits per heavy atom. The molecule has 0 aliphatic rings. The third-order valence-corrected chi connectivity index (χ3v) is 3.72. The smallest absolute Gasteiger partial charge is 0.317 e. The minimum absolute atomic E-state index is 0.00561. The van der Waals surface area contributed by atoms with E-state index >= 15 is 0 Å². The lowest BCUT2D eigenvalue weighted by atomic mass is 10.0. The van der Waals surface area contributed by atoms with E-state index in [0.717, 1.165) is 5.56 Å². The van der Waals surface area contributed by atoms with Gasteiger partial charge in [0.2, 0.25) is 0 Å². The second-order valence-corrected chi connectivity index (χ2v) is 5.82. The van der Waals surface area contributed by atoms with Crippen LogP contribution in [-0.4, -0.2) is 45.1 Å². The number of nitrogens with one attached hydrogen (secondary N) is 1. The predicted molar refractivity (Wildman–Crippen MR) is 92.8 cm³/mol. The normalized spacial score (nSPS) is 11.6. The minimum Gasteiger partial charge on any atom is -0.481 e. The first-order valence-electron chi connectivity index (χ1n) is 8.07. The molecule has 0 aliphatic heterocycles. The largest absolute Gasteiger partial charge is 0.481 e. The summed E-state index contributed by atoms with van der Waals surface area (Å²) in [5.41, 5.74) is 1.74. The van der Waals surface area contributed by atoms with Crippen LogP contribution in [0.1, 0.15) is 24.1 Å². The molecule has 1 aromatic carbocycles. The standard InChI is InChI=1S/C18H22N4O3/c1-22(13-16-12-19-9-10-20-16)18(25)21-15(7-8-17(23)24)11-14-5-3-2-4-6-14/h2-6,9-10,12,15H,7-8,11,13H2,1H3,(H,21,25)(H,23,24). The van der Waals surface area contributed by atoms with Crippen molar-refractivity contribution in [2.45, 2.75) is 31.8 Å². The van der Waals surface area contributed by atoms with Gasteiger partial charge in [-0.1, -0.05) is 30.3 Å². The highest BCUT2D eigenvalue weighted by Crippen LogP contribution is 2.09. The maximum Gasteiger partial charge on any atom is 0.317 e. The predicted octanol–water partition coefficient (Wildman–Crippen LogP) is 2.09. The molecular weight excluding hydrogens is 320 g/mol. The summed E-state index contributed by atoms with van der Waals surface area (Å²) < 4.78 is 0. The van der Waals surface area contributed by atoms with Crippen LogP contribution < -0.4 is 5.32 Å². The number of aromatic nitrogens is 2. The van der Waals surface area contributed by atoms with Crippen molar-refractivity contribution in [3.05, 3.63) is 60.2 Å². The maximum absolute atomic E-state index is 12.4. The molecule has 0 spiro atoms. The summed E-state index contributed by atoms with van der Waals surface area (Å²) in [7, 11) is 1.67. The third-order valence-electron chi connectivity index (χ3n) is 3.72. The molecule has 1 aromatic heterocycles. The Hall–Kier alpha value is -2.96. The monoisotopic (exact) mass is 342 g/mol. The molecule has 2 aromatic rings. The number of carbonyl (C=O) groups excluding carboxylic acids is 1. The molecule has 7 nitrogen and oxygen atoms in total. The number of aliphatic carboxylic acids is 1. The van der Waals surface area contributed by atoms with E-state index in [1.807, 2.05) is 30.3 Å². The van der Waals surface area contributed by atoms with Crippen molar-refractivity contribution in [1.82, 2.24) is 20.2 Å². The zero-order valence-corrected chi connectivity index (χ0v) is 14.1. The molecule has 0 radical (unpaired) electrons. The Morgan fingerprint density at radius 2 is 2.00 bits per heavy atom. The highest BCUT2D eigenvalue weighted by atomic mass is 16.4. The zero-order valence-electron chi connectivity index (χ0n) is 14.1. The number of urea groups is 1. The molecule has 1 atom stereocenters. The van der Waals surface area contributed by atoms with Gasteiger partial charge in [0.15, 0.2) is 0 Å². The van der Waals surface area contributed by atoms with Gasteiger partial charge in [-0.3, -0.25) is 14.8 Å². The fourth-order valence-electron chi connectivity index (χ4n) is 2.43. The highest BCUT2D eigenvalue weighted by Gasteiger charge is 2.17. The molecule has 25 heavy (non-hydrogen) atoms. The summed E-state index contributed by atoms with van der Waals surface area (Å²) in [5, 5.41) is 11.8. The zero-order chi connectivity index (χ0) is 18.1. The summed E-state index contributed by atoms with van der Waals surface area (Å²) in [5.74, 6) is -0.875. The van der Waals surface area contributed by atoms with Crippen molar-refractivity contribution < 1.29 is 14.7 Å². The van der Waals surface area contributed by atoms with Gasteiger partial charge in [-0.25, -0.2) is 4.79 Å². The van der Waals surface area contributed by atoms with Gasteiger partial charge in [-0.05, 0) is 18.4 Å². The van der Waals surface area contributed by atoms with Crippen molar-refractivity contribution in [2.75, 3.05) is 7.05 Å². The third kappa shape index (κ3) is 6.58. The summed E-state index contributed by atoms with van der Waals surface area (Å²) >= 11 is 0. The Labute approximate surface area is 146 Å². The molecule has 7 heteroatoms. The molecule has 0 saturated carbocycles. The highest BCUT2D eigenvalue weighted by molar-refractivity contribution is 5.74. The average molecular weight is 342 g/mol. The molecule has 0 aliphatic carbocycles. The average Bonchev–Trinajstić information content (AvgIpc) is 2.61. The van der Waals surface area contributed by atoms with E-state index in [1.54, 1.807) is 25.6 Å². The van der Waals surface area contributed by atoms with Gasteiger partial charge in [0, 0.05) is 31.9 Å². The van der Waals surface area contributed by atoms with E-state index < -0.39 is 5.97 Å². The number of hydrogen-bond donors (Lipinski definition) is 2. The van der Waals surface area contributed by atoms with Gasteiger partial charge in [0.25, 0.3) is 0 Å². The topological polar surface area (TPSA) is 95.4 Å². The van der Waals surface area contributed by atoms with Gasteiger partial charge < -0.3 is 15.3 Å². The number of carboxylic acid groups (broad SMARTS) is 1. The quantitative estimate of drug-likeness (QED) is 0.766. The second-order valence-electron chi connectivity index (χ2n) is 5.82. The number of carboxylic acids is 1. The van der Waals surface area contributed by atoms with E-state index in [-0.39, 0.29) is 18.5 Å². The van der Waals surface area contributed by atoms with Crippen molar-refractivity contribution in [2.24, 2.45) is 0 Å². The summed E-state index contributed by atoms with van der Waals surface area (Å²) in [6, 6.07) is 9.17. The Bertz CT molecular complexity index is 679. The van der Waals surface area contributed by atoms with Crippen LogP contribution in [-0.2, 0) is 17.8 Å². The van der Waals surface area contributed by atoms with Crippen LogP contribution in [0.2, 0.25) is 0 Å². The lowest BCUT2D eigenvalue weighted by molar-refractivity contribution is -0.137. The van der Waals surface area contributed by atoms with E-state index in [1.165, 1.54) is 4.90 Å². The molecule has 0 bridgehead atoms. The fourth-order valence-corrected chi connectivity index (χ4v) is 2.43. The van der Waals surface area contributed by atoms with E-state index in [2.05, 4.69) is 15.3 Å². The van der Waals surface area contributed by atoms with E-state index in [0.29, 0.717) is 25.1 Å². The lowest BCUT2D eigenvalue weighted by Crippen LogP contribution is -2.44. The molecule has 0 saturated heterocycles. The van der Waals surface area contributed by atoms with Crippen molar-refractivity contribution in [3.63, 3.8) is 0 Å². The van der Waals surface area contributed by atoms with Crippen LogP contribution in [0, 0.1) is 0 Å². The Morgan fingerprint density at radius 1 is 1.24 bits per heavy atom. The van der Waals surface area contributed by atoms with Gasteiger partial charge in [0.1, 0.15) is 0 Å². The number of benzene rings is 1. The van der Waals surface area contributed by atoms with Gasteiger partial charge >= 0.3 is 12.0 Å². The number of hydrogen-bond acceptors (Lipinski definition) is 4. The van der Waals surface area contributed by atoms with Crippen LogP contribution >= 0.6 is 0 Å². The van der Waals surface area contributed by atoms with Crippen molar-refractivity contribution in [1.29, 1.82) is 0 Å². The summed E-state index contributed by atoms with van der Waals surface area (Å²) in [6.45, 7) is 0.330. The van der Waals surface area contributed by atoms with Gasteiger partial charge in [-0.2, -0.15) is 0 Å². The minimum atomic E-state index is -0.875.